The van der Waals surface area contributed by atoms with Gasteiger partial charge in [0.05, 0.1) is 0 Å². The molecule has 3 rings (SSSR count). The molecule has 4 heteroatoms. The smallest absolute Gasteiger partial charge is 0.229 e. The van der Waals surface area contributed by atoms with E-state index in [2.05, 4.69) is 29.3 Å². The van der Waals surface area contributed by atoms with Crippen LogP contribution in [0.1, 0.15) is 56.7 Å². The molecule has 1 aromatic heterocycles. The Labute approximate surface area is 102 Å². The quantitative estimate of drug-likeness (QED) is 0.873. The van der Waals surface area contributed by atoms with E-state index in [0.29, 0.717) is 17.8 Å². The number of aromatic nitrogens is 2. The summed E-state index contributed by atoms with van der Waals surface area (Å²) in [6, 6.07) is 0. The first kappa shape index (κ1) is 11.2. The maximum atomic E-state index is 5.44. The zero-order valence-electron chi connectivity index (χ0n) is 10.6. The predicted octanol–water partition coefficient (Wildman–Crippen LogP) is 2.30. The summed E-state index contributed by atoms with van der Waals surface area (Å²) in [5.74, 6) is 4.21. The second-order valence-electron chi connectivity index (χ2n) is 5.81. The maximum absolute atomic E-state index is 5.44. The minimum Gasteiger partial charge on any atom is -0.339 e. The highest BCUT2D eigenvalue weighted by Crippen LogP contribution is 2.37. The topological polar surface area (TPSA) is 51.0 Å². The van der Waals surface area contributed by atoms with Gasteiger partial charge in [-0.1, -0.05) is 19.0 Å². The van der Waals surface area contributed by atoms with Gasteiger partial charge < -0.3 is 9.84 Å². The summed E-state index contributed by atoms with van der Waals surface area (Å²) in [5.41, 5.74) is 0. The molecule has 94 valence electrons. The molecule has 1 aromatic rings. The van der Waals surface area contributed by atoms with Crippen LogP contribution in [0.4, 0.5) is 0 Å². The fraction of sp³-hybridized carbons (Fsp3) is 0.846. The Hall–Kier alpha value is -0.900. The van der Waals surface area contributed by atoms with Crippen molar-refractivity contribution in [2.75, 3.05) is 13.1 Å². The zero-order chi connectivity index (χ0) is 11.8. The van der Waals surface area contributed by atoms with Crippen LogP contribution in [0, 0.1) is 11.8 Å². The van der Waals surface area contributed by atoms with Gasteiger partial charge in [0, 0.05) is 11.8 Å². The van der Waals surface area contributed by atoms with E-state index in [9.17, 15) is 0 Å². The van der Waals surface area contributed by atoms with E-state index in [4.69, 9.17) is 4.52 Å². The Morgan fingerprint density at radius 2 is 2.18 bits per heavy atom. The van der Waals surface area contributed by atoms with Gasteiger partial charge in [0.25, 0.3) is 0 Å². The molecule has 1 N–H and O–H groups in total. The highest BCUT2D eigenvalue weighted by atomic mass is 16.5. The van der Waals surface area contributed by atoms with Crippen molar-refractivity contribution in [3.63, 3.8) is 0 Å². The summed E-state index contributed by atoms with van der Waals surface area (Å²) < 4.78 is 5.44. The monoisotopic (exact) mass is 235 g/mol. The van der Waals surface area contributed by atoms with Gasteiger partial charge in [-0.3, -0.25) is 0 Å². The van der Waals surface area contributed by atoms with E-state index in [1.54, 1.807) is 0 Å². The first-order valence-electron chi connectivity index (χ1n) is 6.78. The Balaban J connectivity index is 1.69. The summed E-state index contributed by atoms with van der Waals surface area (Å²) in [6.07, 6.45) is 3.74. The molecule has 4 nitrogen and oxygen atoms in total. The van der Waals surface area contributed by atoms with Crippen molar-refractivity contribution in [1.82, 2.24) is 15.5 Å². The Morgan fingerprint density at radius 3 is 2.76 bits per heavy atom. The normalized spacial score (nSPS) is 31.4. The number of rotatable bonds is 3. The third-order valence-electron chi connectivity index (χ3n) is 4.43. The van der Waals surface area contributed by atoms with E-state index in [0.717, 1.165) is 30.7 Å². The molecule has 3 unspecified atom stereocenters. The second-order valence-corrected chi connectivity index (χ2v) is 5.81. The fourth-order valence-electron chi connectivity index (χ4n) is 2.91. The first-order chi connectivity index (χ1) is 8.24. The number of hydrogen-bond acceptors (Lipinski definition) is 4. The van der Waals surface area contributed by atoms with Gasteiger partial charge >= 0.3 is 0 Å². The zero-order valence-corrected chi connectivity index (χ0v) is 10.6. The molecule has 0 spiro atoms. The molecule has 1 saturated carbocycles. The molecule has 1 aliphatic heterocycles. The molecule has 1 saturated heterocycles. The molecule has 0 amide bonds. The van der Waals surface area contributed by atoms with Crippen molar-refractivity contribution in [2.45, 2.75) is 44.9 Å². The van der Waals surface area contributed by atoms with Gasteiger partial charge in [-0.2, -0.15) is 4.98 Å². The second kappa shape index (κ2) is 4.41. The molecular weight excluding hydrogens is 214 g/mol. The third kappa shape index (κ3) is 2.10. The van der Waals surface area contributed by atoms with E-state index < -0.39 is 0 Å². The van der Waals surface area contributed by atoms with Crippen LogP contribution < -0.4 is 5.32 Å². The Kier molecular flexibility index (Phi) is 2.90. The molecule has 0 radical (unpaired) electrons. The highest BCUT2D eigenvalue weighted by Gasteiger charge is 2.31. The van der Waals surface area contributed by atoms with Crippen molar-refractivity contribution >= 4 is 0 Å². The Bertz CT molecular complexity index is 369. The van der Waals surface area contributed by atoms with E-state index in [-0.39, 0.29) is 0 Å². The van der Waals surface area contributed by atoms with Crippen molar-refractivity contribution in [1.29, 1.82) is 0 Å². The van der Waals surface area contributed by atoms with Crippen LogP contribution in [0.3, 0.4) is 0 Å². The number of nitrogens with zero attached hydrogens (tertiary/aromatic N) is 2. The van der Waals surface area contributed by atoms with Crippen molar-refractivity contribution in [3.05, 3.63) is 11.7 Å². The molecule has 17 heavy (non-hydrogen) atoms. The summed E-state index contributed by atoms with van der Waals surface area (Å²) in [4.78, 5) is 4.62. The standard InChI is InChI=1S/C13H21N3O/c1-8-3-4-10(5-8)12-15-13(17-16-12)9(2)11-6-14-7-11/h8-11,14H,3-7H2,1-2H3. The van der Waals surface area contributed by atoms with Crippen LogP contribution in [0.15, 0.2) is 4.52 Å². The lowest BCUT2D eigenvalue weighted by atomic mass is 9.89. The van der Waals surface area contributed by atoms with E-state index in [1.165, 1.54) is 19.3 Å². The van der Waals surface area contributed by atoms with Gasteiger partial charge in [-0.05, 0) is 44.2 Å². The lowest BCUT2D eigenvalue weighted by molar-refractivity contribution is 0.252. The van der Waals surface area contributed by atoms with E-state index >= 15 is 0 Å². The SMILES string of the molecule is CC1CCC(c2noc(C(C)C3CNC3)n2)C1. The van der Waals surface area contributed by atoms with Crippen molar-refractivity contribution in [2.24, 2.45) is 11.8 Å². The molecule has 0 aromatic carbocycles. The van der Waals surface area contributed by atoms with Crippen LogP contribution in [0.25, 0.3) is 0 Å². The molecule has 2 heterocycles. The van der Waals surface area contributed by atoms with Gasteiger partial charge in [0.2, 0.25) is 5.89 Å². The van der Waals surface area contributed by atoms with Crippen LogP contribution >= 0.6 is 0 Å². The van der Waals surface area contributed by atoms with Crippen LogP contribution in [0.5, 0.6) is 0 Å². The minimum absolute atomic E-state index is 0.399. The minimum atomic E-state index is 0.399. The Morgan fingerprint density at radius 1 is 1.35 bits per heavy atom. The summed E-state index contributed by atoms with van der Waals surface area (Å²) in [5, 5.41) is 7.48. The van der Waals surface area contributed by atoms with Crippen LogP contribution in [0.2, 0.25) is 0 Å². The maximum Gasteiger partial charge on any atom is 0.229 e. The van der Waals surface area contributed by atoms with Crippen molar-refractivity contribution < 1.29 is 4.52 Å². The average molecular weight is 235 g/mol. The number of nitrogens with one attached hydrogen (secondary N) is 1. The summed E-state index contributed by atoms with van der Waals surface area (Å²) in [6.45, 7) is 6.67. The largest absolute Gasteiger partial charge is 0.339 e. The third-order valence-corrected chi connectivity index (χ3v) is 4.43. The highest BCUT2D eigenvalue weighted by molar-refractivity contribution is 5.03. The van der Waals surface area contributed by atoms with Crippen LogP contribution in [-0.4, -0.2) is 23.2 Å². The molecule has 3 atom stereocenters. The lowest BCUT2D eigenvalue weighted by Gasteiger charge is -2.30. The van der Waals surface area contributed by atoms with Gasteiger partial charge in [0.1, 0.15) is 0 Å². The molecule has 2 fully saturated rings. The molecule has 2 aliphatic rings. The fourth-order valence-corrected chi connectivity index (χ4v) is 2.91. The number of hydrogen-bond donors (Lipinski definition) is 1. The summed E-state index contributed by atoms with van der Waals surface area (Å²) in [7, 11) is 0. The summed E-state index contributed by atoms with van der Waals surface area (Å²) >= 11 is 0. The molecule has 0 bridgehead atoms. The van der Waals surface area contributed by atoms with Gasteiger partial charge in [0.15, 0.2) is 5.82 Å². The van der Waals surface area contributed by atoms with Gasteiger partial charge in [-0.25, -0.2) is 0 Å². The lowest BCUT2D eigenvalue weighted by Crippen LogP contribution is -2.44. The first-order valence-corrected chi connectivity index (χ1v) is 6.78. The van der Waals surface area contributed by atoms with Crippen LogP contribution in [-0.2, 0) is 0 Å². The predicted molar refractivity (Wildman–Crippen MR) is 64.8 cm³/mol. The molecule has 1 aliphatic carbocycles. The van der Waals surface area contributed by atoms with E-state index in [1.807, 2.05) is 0 Å². The molecular formula is C13H21N3O. The van der Waals surface area contributed by atoms with Gasteiger partial charge in [-0.15, -0.1) is 0 Å². The average Bonchev–Trinajstić information content (AvgIpc) is 2.82. The van der Waals surface area contributed by atoms with Crippen molar-refractivity contribution in [3.8, 4) is 0 Å².